The number of unbranched alkanes of at least 4 members (excludes halogenated alkanes) is 1. The van der Waals surface area contributed by atoms with E-state index >= 15 is 0 Å². The fourth-order valence-electron chi connectivity index (χ4n) is 3.40. The van der Waals surface area contributed by atoms with Gasteiger partial charge in [0.1, 0.15) is 0 Å². The quantitative estimate of drug-likeness (QED) is 0.787. The van der Waals surface area contributed by atoms with E-state index < -0.39 is 0 Å². The third kappa shape index (κ3) is 3.05. The number of rotatable bonds is 6. The van der Waals surface area contributed by atoms with Crippen molar-refractivity contribution in [2.24, 2.45) is 11.8 Å². The van der Waals surface area contributed by atoms with Crippen molar-refractivity contribution in [1.82, 2.24) is 10.2 Å². The number of nitrogens with one attached hydrogen (secondary N) is 1. The van der Waals surface area contributed by atoms with E-state index in [1.54, 1.807) is 0 Å². The molecule has 2 aliphatic heterocycles. The molecule has 1 amide bonds. The summed E-state index contributed by atoms with van der Waals surface area (Å²) in [5.41, 5.74) is 0. The Morgan fingerprint density at radius 1 is 1.44 bits per heavy atom. The first-order valence-corrected chi connectivity index (χ1v) is 7.78. The lowest BCUT2D eigenvalue weighted by Gasteiger charge is -2.23. The third-order valence-electron chi connectivity index (χ3n) is 4.65. The zero-order valence-electron chi connectivity index (χ0n) is 12.0. The van der Waals surface area contributed by atoms with E-state index in [2.05, 4.69) is 24.1 Å². The SMILES string of the molecule is CCCCC(CC)CN1CC2NCCCC2C1=O. The Hall–Kier alpha value is -0.570. The molecule has 2 heterocycles. The summed E-state index contributed by atoms with van der Waals surface area (Å²) in [4.78, 5) is 14.5. The first kappa shape index (κ1) is 13.9. The molecular weight excluding hydrogens is 224 g/mol. The number of nitrogens with zero attached hydrogens (tertiary/aromatic N) is 1. The largest absolute Gasteiger partial charge is 0.341 e. The number of carbonyl (C=O) groups excluding carboxylic acids is 1. The number of amides is 1. The third-order valence-corrected chi connectivity index (χ3v) is 4.65. The second kappa shape index (κ2) is 6.55. The minimum atomic E-state index is 0.280. The lowest BCUT2D eigenvalue weighted by Crippen LogP contribution is -2.41. The van der Waals surface area contributed by atoms with Crippen molar-refractivity contribution in [3.63, 3.8) is 0 Å². The molecule has 3 nitrogen and oxygen atoms in total. The number of fused-ring (bicyclic) bond motifs is 1. The Labute approximate surface area is 111 Å². The number of carbonyl (C=O) groups is 1. The van der Waals surface area contributed by atoms with Crippen molar-refractivity contribution in [2.75, 3.05) is 19.6 Å². The molecule has 0 saturated carbocycles. The van der Waals surface area contributed by atoms with E-state index in [-0.39, 0.29) is 5.92 Å². The molecule has 0 aromatic heterocycles. The molecule has 3 atom stereocenters. The van der Waals surface area contributed by atoms with Gasteiger partial charge < -0.3 is 10.2 Å². The van der Waals surface area contributed by atoms with Crippen LogP contribution in [0.2, 0.25) is 0 Å². The first-order valence-electron chi connectivity index (χ1n) is 7.78. The summed E-state index contributed by atoms with van der Waals surface area (Å²) in [5, 5.41) is 3.51. The molecule has 2 aliphatic rings. The van der Waals surface area contributed by atoms with Gasteiger partial charge in [-0.3, -0.25) is 4.79 Å². The molecule has 2 rings (SSSR count). The Morgan fingerprint density at radius 2 is 2.28 bits per heavy atom. The van der Waals surface area contributed by atoms with Gasteiger partial charge in [-0.15, -0.1) is 0 Å². The van der Waals surface area contributed by atoms with Crippen LogP contribution in [0.1, 0.15) is 52.4 Å². The van der Waals surface area contributed by atoms with Crippen LogP contribution in [0.4, 0.5) is 0 Å². The second-order valence-corrected chi connectivity index (χ2v) is 5.97. The van der Waals surface area contributed by atoms with E-state index in [4.69, 9.17) is 0 Å². The highest BCUT2D eigenvalue weighted by atomic mass is 16.2. The molecule has 3 heteroatoms. The van der Waals surface area contributed by atoms with E-state index in [9.17, 15) is 4.79 Å². The van der Waals surface area contributed by atoms with E-state index in [1.807, 2.05) is 0 Å². The summed E-state index contributed by atoms with van der Waals surface area (Å²) >= 11 is 0. The lowest BCUT2D eigenvalue weighted by molar-refractivity contribution is -0.132. The number of hydrogen-bond donors (Lipinski definition) is 1. The monoisotopic (exact) mass is 252 g/mol. The van der Waals surface area contributed by atoms with Gasteiger partial charge in [0.25, 0.3) is 0 Å². The van der Waals surface area contributed by atoms with Gasteiger partial charge in [-0.2, -0.15) is 0 Å². The van der Waals surface area contributed by atoms with E-state index in [0.717, 1.165) is 32.5 Å². The molecule has 0 bridgehead atoms. The normalized spacial score (nSPS) is 29.4. The summed E-state index contributed by atoms with van der Waals surface area (Å²) in [7, 11) is 0. The maximum Gasteiger partial charge on any atom is 0.227 e. The van der Waals surface area contributed by atoms with E-state index in [0.29, 0.717) is 17.9 Å². The zero-order chi connectivity index (χ0) is 13.0. The maximum atomic E-state index is 12.4. The van der Waals surface area contributed by atoms with Crippen LogP contribution >= 0.6 is 0 Å². The highest BCUT2D eigenvalue weighted by Crippen LogP contribution is 2.28. The van der Waals surface area contributed by atoms with Gasteiger partial charge in [0.2, 0.25) is 5.91 Å². The van der Waals surface area contributed by atoms with Gasteiger partial charge >= 0.3 is 0 Å². The van der Waals surface area contributed by atoms with Crippen LogP contribution in [-0.2, 0) is 4.79 Å². The molecule has 1 N–H and O–H groups in total. The van der Waals surface area contributed by atoms with Gasteiger partial charge in [0.15, 0.2) is 0 Å². The average molecular weight is 252 g/mol. The van der Waals surface area contributed by atoms with Gasteiger partial charge in [0, 0.05) is 19.1 Å². The predicted molar refractivity (Wildman–Crippen MR) is 74.4 cm³/mol. The maximum absolute atomic E-state index is 12.4. The van der Waals surface area contributed by atoms with Crippen LogP contribution in [-0.4, -0.2) is 36.5 Å². The van der Waals surface area contributed by atoms with Crippen LogP contribution in [0.5, 0.6) is 0 Å². The Balaban J connectivity index is 1.87. The fraction of sp³-hybridized carbons (Fsp3) is 0.933. The van der Waals surface area contributed by atoms with Crippen LogP contribution in [0.3, 0.4) is 0 Å². The van der Waals surface area contributed by atoms with Crippen LogP contribution in [0.25, 0.3) is 0 Å². The molecule has 3 unspecified atom stereocenters. The van der Waals surface area contributed by atoms with Crippen molar-refractivity contribution in [3.05, 3.63) is 0 Å². The number of piperidine rings is 1. The second-order valence-electron chi connectivity index (χ2n) is 5.97. The van der Waals surface area contributed by atoms with Crippen molar-refractivity contribution < 1.29 is 4.79 Å². The summed E-state index contributed by atoms with van der Waals surface area (Å²) in [5.74, 6) is 1.40. The Bertz CT molecular complexity index is 280. The van der Waals surface area contributed by atoms with Crippen LogP contribution in [0.15, 0.2) is 0 Å². The lowest BCUT2D eigenvalue weighted by atomic mass is 9.93. The molecule has 0 aliphatic carbocycles. The summed E-state index contributed by atoms with van der Waals surface area (Å²) < 4.78 is 0. The number of hydrogen-bond acceptors (Lipinski definition) is 2. The minimum absolute atomic E-state index is 0.280. The first-order chi connectivity index (χ1) is 8.76. The van der Waals surface area contributed by atoms with Crippen molar-refractivity contribution >= 4 is 5.91 Å². The van der Waals surface area contributed by atoms with Crippen molar-refractivity contribution in [2.45, 2.75) is 58.4 Å². The summed E-state index contributed by atoms with van der Waals surface area (Å²) in [6.07, 6.45) is 7.29. The topological polar surface area (TPSA) is 32.3 Å². The zero-order valence-corrected chi connectivity index (χ0v) is 12.0. The molecule has 0 aromatic carbocycles. The smallest absolute Gasteiger partial charge is 0.227 e. The van der Waals surface area contributed by atoms with E-state index in [1.165, 1.54) is 25.7 Å². The average Bonchev–Trinajstić information content (AvgIpc) is 2.72. The van der Waals surface area contributed by atoms with Crippen LogP contribution in [0, 0.1) is 11.8 Å². The summed E-state index contributed by atoms with van der Waals surface area (Å²) in [6, 6.07) is 0.440. The van der Waals surface area contributed by atoms with Gasteiger partial charge in [-0.05, 0) is 31.7 Å². The van der Waals surface area contributed by atoms with Gasteiger partial charge in [-0.1, -0.05) is 33.1 Å². The fourth-order valence-corrected chi connectivity index (χ4v) is 3.40. The molecule has 2 saturated heterocycles. The molecule has 0 aromatic rings. The summed E-state index contributed by atoms with van der Waals surface area (Å²) in [6.45, 7) is 7.53. The van der Waals surface area contributed by atoms with Gasteiger partial charge in [-0.25, -0.2) is 0 Å². The molecule has 2 fully saturated rings. The Morgan fingerprint density at radius 3 is 2.94 bits per heavy atom. The van der Waals surface area contributed by atoms with Crippen LogP contribution < -0.4 is 5.32 Å². The van der Waals surface area contributed by atoms with Gasteiger partial charge in [0.05, 0.1) is 5.92 Å². The number of likely N-dealkylation sites (tertiary alicyclic amines) is 1. The molecule has 0 radical (unpaired) electrons. The predicted octanol–water partition coefficient (Wildman–Crippen LogP) is 2.41. The van der Waals surface area contributed by atoms with Crippen molar-refractivity contribution in [3.8, 4) is 0 Å². The highest BCUT2D eigenvalue weighted by molar-refractivity contribution is 5.82. The minimum Gasteiger partial charge on any atom is -0.341 e. The Kier molecular flexibility index (Phi) is 5.04. The molecule has 18 heavy (non-hydrogen) atoms. The molecular formula is C15H28N2O. The molecule has 104 valence electrons. The highest BCUT2D eigenvalue weighted by Gasteiger charge is 2.41. The van der Waals surface area contributed by atoms with Crippen molar-refractivity contribution in [1.29, 1.82) is 0 Å². The molecule has 0 spiro atoms. The standard InChI is InChI=1S/C15H28N2O/c1-3-5-7-12(4-2)10-17-11-14-13(15(17)18)8-6-9-16-14/h12-14,16H,3-11H2,1-2H3.